The normalized spacial score (nSPS) is 21.3. The maximum absolute atomic E-state index is 13.5. The quantitative estimate of drug-likeness (QED) is 0.497. The van der Waals surface area contributed by atoms with Gasteiger partial charge in [0.1, 0.15) is 29.8 Å². The molecule has 0 aromatic heterocycles. The van der Waals surface area contributed by atoms with Gasteiger partial charge < -0.3 is 25.2 Å². The van der Waals surface area contributed by atoms with Crippen molar-refractivity contribution < 1.29 is 28.7 Å². The van der Waals surface area contributed by atoms with Crippen LogP contribution in [0.4, 0.5) is 0 Å². The summed E-state index contributed by atoms with van der Waals surface area (Å²) in [6.07, 6.45) is 1.44. The highest BCUT2D eigenvalue weighted by molar-refractivity contribution is 5.96. The standard InChI is InChI=1S/C28H40N4O6/c1-17(2)23(27(37)38-28(4,5)6)32-16-14-20(25(32)35)30-24(34)21-13-10-15-31(21)26(36)22(29-18(3)33)19-11-8-7-9-12-19/h7-9,11-12,17,20-23H,10,13-16H2,1-6H3,(H,29,33)(H,30,34). The van der Waals surface area contributed by atoms with Crippen LogP contribution in [0.2, 0.25) is 0 Å². The van der Waals surface area contributed by atoms with E-state index in [2.05, 4.69) is 10.6 Å². The van der Waals surface area contributed by atoms with E-state index in [-0.39, 0.29) is 23.6 Å². The Labute approximate surface area is 224 Å². The number of nitrogens with zero attached hydrogens (tertiary/aromatic N) is 2. The molecule has 2 saturated heterocycles. The molecule has 208 valence electrons. The number of carbonyl (C=O) groups is 5. The Hall–Kier alpha value is -3.43. The maximum atomic E-state index is 13.5. The van der Waals surface area contributed by atoms with Crippen molar-refractivity contribution in [1.82, 2.24) is 20.4 Å². The van der Waals surface area contributed by atoms with Crippen molar-refractivity contribution in [2.24, 2.45) is 5.92 Å². The van der Waals surface area contributed by atoms with Gasteiger partial charge in [-0.3, -0.25) is 19.2 Å². The summed E-state index contributed by atoms with van der Waals surface area (Å²) in [6, 6.07) is 5.69. The van der Waals surface area contributed by atoms with Crippen molar-refractivity contribution >= 4 is 29.6 Å². The number of nitrogens with one attached hydrogen (secondary N) is 2. The van der Waals surface area contributed by atoms with Gasteiger partial charge in [-0.25, -0.2) is 4.79 Å². The van der Waals surface area contributed by atoms with Crippen LogP contribution in [0.25, 0.3) is 0 Å². The third-order valence-electron chi connectivity index (χ3n) is 6.74. The van der Waals surface area contributed by atoms with E-state index < -0.39 is 41.6 Å². The number of hydrogen-bond donors (Lipinski definition) is 2. The molecule has 0 bridgehead atoms. The fourth-order valence-electron chi connectivity index (χ4n) is 5.11. The minimum atomic E-state index is -0.911. The van der Waals surface area contributed by atoms with Gasteiger partial charge >= 0.3 is 5.97 Å². The lowest BCUT2D eigenvalue weighted by molar-refractivity contribution is -0.165. The molecule has 0 aliphatic carbocycles. The Balaban J connectivity index is 1.71. The van der Waals surface area contributed by atoms with E-state index >= 15 is 0 Å². The zero-order chi connectivity index (χ0) is 28.2. The van der Waals surface area contributed by atoms with E-state index in [0.29, 0.717) is 37.9 Å². The Morgan fingerprint density at radius 1 is 1.03 bits per heavy atom. The molecule has 4 atom stereocenters. The molecule has 0 saturated carbocycles. The minimum absolute atomic E-state index is 0.171. The van der Waals surface area contributed by atoms with Crippen LogP contribution in [0.3, 0.4) is 0 Å². The molecule has 4 amide bonds. The molecule has 0 spiro atoms. The number of benzene rings is 1. The van der Waals surface area contributed by atoms with E-state index in [1.807, 2.05) is 19.9 Å². The molecule has 2 fully saturated rings. The number of esters is 1. The van der Waals surface area contributed by atoms with Gasteiger partial charge in [0.05, 0.1) is 0 Å². The first-order chi connectivity index (χ1) is 17.8. The lowest BCUT2D eigenvalue weighted by Crippen LogP contribution is -2.54. The molecular formula is C28H40N4O6. The van der Waals surface area contributed by atoms with Crippen LogP contribution in [0.5, 0.6) is 0 Å². The number of ether oxygens (including phenoxy) is 1. The van der Waals surface area contributed by atoms with Crippen molar-refractivity contribution in [1.29, 1.82) is 0 Å². The Morgan fingerprint density at radius 3 is 2.26 bits per heavy atom. The van der Waals surface area contributed by atoms with E-state index in [1.165, 1.54) is 16.7 Å². The average Bonchev–Trinajstić information content (AvgIpc) is 3.44. The van der Waals surface area contributed by atoms with Gasteiger partial charge in [-0.15, -0.1) is 0 Å². The molecule has 38 heavy (non-hydrogen) atoms. The second-order valence-electron chi connectivity index (χ2n) is 11.3. The first kappa shape index (κ1) is 29.1. The molecule has 2 heterocycles. The van der Waals surface area contributed by atoms with Gasteiger partial charge in [0.15, 0.2) is 0 Å². The van der Waals surface area contributed by atoms with Crippen LogP contribution >= 0.6 is 0 Å². The maximum Gasteiger partial charge on any atom is 0.329 e. The van der Waals surface area contributed by atoms with E-state index in [4.69, 9.17) is 4.74 Å². The van der Waals surface area contributed by atoms with Gasteiger partial charge in [-0.2, -0.15) is 0 Å². The summed E-state index contributed by atoms with van der Waals surface area (Å²) < 4.78 is 5.55. The zero-order valence-electron chi connectivity index (χ0n) is 23.2. The molecular weight excluding hydrogens is 488 g/mol. The zero-order valence-corrected chi connectivity index (χ0v) is 23.2. The van der Waals surface area contributed by atoms with Crippen LogP contribution in [0.15, 0.2) is 30.3 Å². The summed E-state index contributed by atoms with van der Waals surface area (Å²) in [5.74, 6) is -2.11. The first-order valence-electron chi connectivity index (χ1n) is 13.3. The summed E-state index contributed by atoms with van der Waals surface area (Å²) >= 11 is 0. The van der Waals surface area contributed by atoms with Gasteiger partial charge in [-0.1, -0.05) is 44.2 Å². The fraction of sp³-hybridized carbons (Fsp3) is 0.607. The molecule has 10 heteroatoms. The molecule has 1 aromatic carbocycles. The van der Waals surface area contributed by atoms with E-state index in [0.717, 1.165) is 0 Å². The van der Waals surface area contributed by atoms with Crippen LogP contribution in [0.1, 0.15) is 72.4 Å². The van der Waals surface area contributed by atoms with Crippen molar-refractivity contribution in [3.63, 3.8) is 0 Å². The largest absolute Gasteiger partial charge is 0.458 e. The van der Waals surface area contributed by atoms with Gasteiger partial charge in [0, 0.05) is 20.0 Å². The van der Waals surface area contributed by atoms with Crippen LogP contribution in [-0.2, 0) is 28.7 Å². The topological polar surface area (TPSA) is 125 Å². The summed E-state index contributed by atoms with van der Waals surface area (Å²) in [5.41, 5.74) is -0.0595. The SMILES string of the molecule is CC(=O)NC(C(=O)N1CCCC1C(=O)NC1CCN(C(C(=O)OC(C)(C)C)C(C)C)C1=O)c1ccccc1. The highest BCUT2D eigenvalue weighted by atomic mass is 16.6. The van der Waals surface area contributed by atoms with Gasteiger partial charge in [-0.05, 0) is 51.5 Å². The minimum Gasteiger partial charge on any atom is -0.458 e. The lowest BCUT2D eigenvalue weighted by Gasteiger charge is -2.32. The van der Waals surface area contributed by atoms with Crippen molar-refractivity contribution in [2.75, 3.05) is 13.1 Å². The van der Waals surface area contributed by atoms with Crippen LogP contribution in [0, 0.1) is 5.92 Å². The predicted octanol–water partition coefficient (Wildman–Crippen LogP) is 1.94. The molecule has 0 radical (unpaired) electrons. The highest BCUT2D eigenvalue weighted by Gasteiger charge is 2.44. The van der Waals surface area contributed by atoms with Gasteiger partial charge in [0.25, 0.3) is 0 Å². The number of amides is 4. The molecule has 3 rings (SSSR count). The molecule has 1 aromatic rings. The lowest BCUT2D eigenvalue weighted by atomic mass is 10.0. The number of hydrogen-bond acceptors (Lipinski definition) is 6. The summed E-state index contributed by atoms with van der Waals surface area (Å²) in [7, 11) is 0. The van der Waals surface area contributed by atoms with E-state index in [1.54, 1.807) is 45.0 Å². The molecule has 2 N–H and O–H groups in total. The number of likely N-dealkylation sites (tertiary alicyclic amines) is 2. The second-order valence-corrected chi connectivity index (χ2v) is 11.3. The molecule has 2 aliphatic heterocycles. The third kappa shape index (κ3) is 6.90. The summed E-state index contributed by atoms with van der Waals surface area (Å²) in [5, 5.41) is 5.52. The average molecular weight is 529 g/mol. The van der Waals surface area contributed by atoms with Crippen molar-refractivity contribution in [3.8, 4) is 0 Å². The van der Waals surface area contributed by atoms with Gasteiger partial charge in [0.2, 0.25) is 23.6 Å². The molecule has 4 unspecified atom stereocenters. The summed E-state index contributed by atoms with van der Waals surface area (Å²) in [4.78, 5) is 67.8. The highest BCUT2D eigenvalue weighted by Crippen LogP contribution is 2.26. The first-order valence-corrected chi connectivity index (χ1v) is 13.3. The van der Waals surface area contributed by atoms with Crippen molar-refractivity contribution in [3.05, 3.63) is 35.9 Å². The number of carbonyl (C=O) groups excluding carboxylic acids is 5. The van der Waals surface area contributed by atoms with E-state index in [9.17, 15) is 24.0 Å². The number of rotatable bonds is 8. The van der Waals surface area contributed by atoms with Crippen molar-refractivity contribution in [2.45, 2.75) is 90.6 Å². The predicted molar refractivity (Wildman–Crippen MR) is 140 cm³/mol. The Bertz CT molecular complexity index is 1050. The molecule has 10 nitrogen and oxygen atoms in total. The Morgan fingerprint density at radius 2 is 1.68 bits per heavy atom. The Kier molecular flexibility index (Phi) is 9.17. The smallest absolute Gasteiger partial charge is 0.329 e. The monoisotopic (exact) mass is 528 g/mol. The second kappa shape index (κ2) is 12.0. The van der Waals surface area contributed by atoms with Crippen LogP contribution in [-0.4, -0.2) is 76.2 Å². The fourth-order valence-corrected chi connectivity index (χ4v) is 5.11. The summed E-state index contributed by atoms with van der Waals surface area (Å²) in [6.45, 7) is 11.1. The third-order valence-corrected chi connectivity index (χ3v) is 6.74. The molecule has 2 aliphatic rings. The van der Waals surface area contributed by atoms with Crippen LogP contribution < -0.4 is 10.6 Å².